The molecule has 26 heavy (non-hydrogen) atoms. The molecular weight excluding hydrogens is 344 g/mol. The van der Waals surface area contributed by atoms with Crippen molar-refractivity contribution in [2.45, 2.75) is 12.7 Å². The fourth-order valence-electron chi connectivity index (χ4n) is 3.39. The van der Waals surface area contributed by atoms with Crippen LogP contribution in [0.1, 0.15) is 17.5 Å². The number of nitrogens with zero attached hydrogens (tertiary/aromatic N) is 4. The van der Waals surface area contributed by atoms with Crippen LogP contribution in [0.2, 0.25) is 5.02 Å². The number of aliphatic imine (C=N–C) groups is 1. The molecule has 132 valence electrons. The minimum Gasteiger partial charge on any atom is -0.347 e. The standard InChI is InChI=1S/C21H21ClN4/c1-25-14-10-20(17-8-11-23-12-9-17)24-21(25)26-13-2-3-18(15-26)16-4-6-19(22)7-5-16/h3-12,14,21H,2,13,15H2,1H3. The van der Waals surface area contributed by atoms with Crippen LogP contribution in [0.25, 0.3) is 5.57 Å². The van der Waals surface area contributed by atoms with E-state index in [2.05, 4.69) is 52.3 Å². The van der Waals surface area contributed by atoms with E-state index in [-0.39, 0.29) is 6.29 Å². The molecule has 0 saturated heterocycles. The van der Waals surface area contributed by atoms with E-state index in [1.165, 1.54) is 11.1 Å². The van der Waals surface area contributed by atoms with Crippen LogP contribution in [0.5, 0.6) is 0 Å². The number of allylic oxidation sites excluding steroid dienone is 1. The molecule has 4 rings (SSSR count). The van der Waals surface area contributed by atoms with Crippen molar-refractivity contribution in [2.75, 3.05) is 20.1 Å². The summed E-state index contributed by atoms with van der Waals surface area (Å²) in [5.41, 5.74) is 4.65. The van der Waals surface area contributed by atoms with Crippen LogP contribution in [0, 0.1) is 0 Å². The molecule has 4 nitrogen and oxygen atoms in total. The van der Waals surface area contributed by atoms with Gasteiger partial charge in [-0.25, -0.2) is 4.99 Å². The van der Waals surface area contributed by atoms with Gasteiger partial charge in [0.2, 0.25) is 0 Å². The summed E-state index contributed by atoms with van der Waals surface area (Å²) in [6.07, 6.45) is 11.1. The van der Waals surface area contributed by atoms with Crippen LogP contribution >= 0.6 is 11.6 Å². The molecule has 1 aromatic heterocycles. The minimum atomic E-state index is -0.000773. The Hall–Kier alpha value is -2.43. The Kier molecular flexibility index (Phi) is 4.87. The number of halogens is 1. The van der Waals surface area contributed by atoms with E-state index in [0.29, 0.717) is 0 Å². The minimum absolute atomic E-state index is 0.000773. The monoisotopic (exact) mass is 364 g/mol. The third kappa shape index (κ3) is 3.57. The normalized spacial score (nSPS) is 20.7. The molecule has 0 saturated carbocycles. The van der Waals surface area contributed by atoms with E-state index in [9.17, 15) is 0 Å². The van der Waals surface area contributed by atoms with Crippen molar-refractivity contribution in [3.63, 3.8) is 0 Å². The van der Waals surface area contributed by atoms with E-state index in [0.717, 1.165) is 35.8 Å². The average molecular weight is 365 g/mol. The summed E-state index contributed by atoms with van der Waals surface area (Å²) in [4.78, 5) is 13.7. The van der Waals surface area contributed by atoms with Gasteiger partial charge in [-0.1, -0.05) is 29.8 Å². The van der Waals surface area contributed by atoms with Gasteiger partial charge in [0.25, 0.3) is 0 Å². The second-order valence-electron chi connectivity index (χ2n) is 6.57. The molecule has 0 bridgehead atoms. The van der Waals surface area contributed by atoms with Crippen LogP contribution in [0.15, 0.2) is 72.1 Å². The van der Waals surface area contributed by atoms with Crippen molar-refractivity contribution >= 4 is 22.9 Å². The first kappa shape index (κ1) is 17.0. The summed E-state index contributed by atoms with van der Waals surface area (Å²) in [6.45, 7) is 1.87. The molecule has 2 aliphatic heterocycles. The quantitative estimate of drug-likeness (QED) is 0.823. The van der Waals surface area contributed by atoms with Gasteiger partial charge in [0, 0.05) is 49.3 Å². The van der Waals surface area contributed by atoms with Crippen LogP contribution in [0.4, 0.5) is 0 Å². The first-order chi connectivity index (χ1) is 12.7. The SMILES string of the molecule is CN1C=CC(c2ccncc2)=NC1N1CCC=C(c2ccc(Cl)cc2)C1. The molecule has 5 heteroatoms. The highest BCUT2D eigenvalue weighted by molar-refractivity contribution is 6.30. The Balaban J connectivity index is 1.56. The third-order valence-electron chi connectivity index (χ3n) is 4.78. The van der Waals surface area contributed by atoms with Gasteiger partial charge < -0.3 is 4.90 Å². The predicted octanol–water partition coefficient (Wildman–Crippen LogP) is 4.06. The largest absolute Gasteiger partial charge is 0.347 e. The van der Waals surface area contributed by atoms with E-state index in [1.54, 1.807) is 12.4 Å². The maximum atomic E-state index is 6.03. The van der Waals surface area contributed by atoms with Crippen LogP contribution in [-0.2, 0) is 0 Å². The highest BCUT2D eigenvalue weighted by atomic mass is 35.5. The fraction of sp³-hybridized carbons (Fsp3) is 0.238. The summed E-state index contributed by atoms with van der Waals surface area (Å²) in [5, 5.41) is 0.769. The first-order valence-corrected chi connectivity index (χ1v) is 9.16. The predicted molar refractivity (Wildman–Crippen MR) is 107 cm³/mol. The Labute approximate surface area is 159 Å². The molecule has 0 amide bonds. The topological polar surface area (TPSA) is 31.7 Å². The highest BCUT2D eigenvalue weighted by Gasteiger charge is 2.26. The fourth-order valence-corrected chi connectivity index (χ4v) is 3.52. The molecule has 1 unspecified atom stereocenters. The zero-order valence-corrected chi connectivity index (χ0v) is 15.5. The third-order valence-corrected chi connectivity index (χ3v) is 5.04. The lowest BCUT2D eigenvalue weighted by Gasteiger charge is -2.38. The number of benzene rings is 1. The van der Waals surface area contributed by atoms with Crippen LogP contribution in [-0.4, -0.2) is 46.9 Å². The Morgan fingerprint density at radius 3 is 2.58 bits per heavy atom. The first-order valence-electron chi connectivity index (χ1n) is 8.78. The zero-order valence-electron chi connectivity index (χ0n) is 14.7. The van der Waals surface area contributed by atoms with Gasteiger partial charge in [0.15, 0.2) is 6.29 Å². The number of aromatic nitrogens is 1. The second-order valence-corrected chi connectivity index (χ2v) is 7.01. The van der Waals surface area contributed by atoms with Crippen molar-refractivity contribution in [3.05, 3.63) is 83.3 Å². The van der Waals surface area contributed by atoms with Crippen LogP contribution < -0.4 is 0 Å². The van der Waals surface area contributed by atoms with Gasteiger partial charge >= 0.3 is 0 Å². The molecule has 3 heterocycles. The highest BCUT2D eigenvalue weighted by Crippen LogP contribution is 2.25. The Bertz CT molecular complexity index is 855. The smallest absolute Gasteiger partial charge is 0.179 e. The Morgan fingerprint density at radius 2 is 1.81 bits per heavy atom. The summed E-state index contributed by atoms with van der Waals surface area (Å²) < 4.78 is 0. The van der Waals surface area contributed by atoms with E-state index >= 15 is 0 Å². The molecule has 0 fully saturated rings. The lowest BCUT2D eigenvalue weighted by atomic mass is 10.0. The van der Waals surface area contributed by atoms with Crippen molar-refractivity contribution in [2.24, 2.45) is 4.99 Å². The summed E-state index contributed by atoms with van der Waals surface area (Å²) in [5.74, 6) is 0. The lowest BCUT2D eigenvalue weighted by Crippen LogP contribution is -2.47. The van der Waals surface area contributed by atoms with Gasteiger partial charge in [-0.3, -0.25) is 9.88 Å². The molecule has 1 aromatic carbocycles. The van der Waals surface area contributed by atoms with Gasteiger partial charge in [-0.2, -0.15) is 0 Å². The van der Waals surface area contributed by atoms with Crippen molar-refractivity contribution in [1.82, 2.24) is 14.8 Å². The van der Waals surface area contributed by atoms with E-state index in [4.69, 9.17) is 16.6 Å². The van der Waals surface area contributed by atoms with Gasteiger partial charge in [0.1, 0.15) is 0 Å². The average Bonchev–Trinajstić information content (AvgIpc) is 2.70. The van der Waals surface area contributed by atoms with Crippen LogP contribution in [0.3, 0.4) is 0 Å². The number of hydrogen-bond donors (Lipinski definition) is 0. The molecular formula is C21H21ClN4. The van der Waals surface area contributed by atoms with Crippen molar-refractivity contribution < 1.29 is 0 Å². The number of pyridine rings is 1. The molecule has 0 aliphatic carbocycles. The molecule has 1 atom stereocenters. The summed E-state index contributed by atoms with van der Waals surface area (Å²) in [7, 11) is 2.08. The molecule has 2 aliphatic rings. The Morgan fingerprint density at radius 1 is 1.04 bits per heavy atom. The molecule has 0 N–H and O–H groups in total. The maximum absolute atomic E-state index is 6.03. The van der Waals surface area contributed by atoms with Crippen molar-refractivity contribution in [3.8, 4) is 0 Å². The van der Waals surface area contributed by atoms with Gasteiger partial charge in [-0.15, -0.1) is 0 Å². The number of hydrogen-bond acceptors (Lipinski definition) is 4. The van der Waals surface area contributed by atoms with E-state index < -0.39 is 0 Å². The van der Waals surface area contributed by atoms with Gasteiger partial charge in [-0.05, 0) is 47.9 Å². The zero-order chi connectivity index (χ0) is 17.9. The van der Waals surface area contributed by atoms with E-state index in [1.807, 2.05) is 24.3 Å². The van der Waals surface area contributed by atoms with Crippen molar-refractivity contribution in [1.29, 1.82) is 0 Å². The maximum Gasteiger partial charge on any atom is 0.179 e. The molecule has 0 radical (unpaired) electrons. The summed E-state index contributed by atoms with van der Waals surface area (Å²) >= 11 is 6.03. The number of rotatable bonds is 3. The summed E-state index contributed by atoms with van der Waals surface area (Å²) in [6, 6.07) is 12.1. The molecule has 0 spiro atoms. The van der Waals surface area contributed by atoms with Gasteiger partial charge in [0.05, 0.1) is 5.71 Å². The lowest BCUT2D eigenvalue weighted by molar-refractivity contribution is 0.111. The molecule has 2 aromatic rings. The second kappa shape index (κ2) is 7.44.